The van der Waals surface area contributed by atoms with Crippen LogP contribution in [0.5, 0.6) is 0 Å². The van der Waals surface area contributed by atoms with Crippen molar-refractivity contribution in [1.82, 2.24) is 19.7 Å². The summed E-state index contributed by atoms with van der Waals surface area (Å²) in [4.78, 5) is 21.1. The molecule has 0 aliphatic carbocycles. The lowest BCUT2D eigenvalue weighted by molar-refractivity contribution is 0.0770. The van der Waals surface area contributed by atoms with Crippen molar-refractivity contribution in [3.05, 3.63) is 42.1 Å². The second kappa shape index (κ2) is 7.05. The summed E-state index contributed by atoms with van der Waals surface area (Å²) in [6, 6.07) is 4.88. The zero-order valence-electron chi connectivity index (χ0n) is 15.0. The van der Waals surface area contributed by atoms with E-state index in [0.29, 0.717) is 29.9 Å². The number of carbonyl (C=O) groups is 1. The maximum atomic E-state index is 14.0. The van der Waals surface area contributed by atoms with Gasteiger partial charge in [-0.05, 0) is 49.8 Å². The van der Waals surface area contributed by atoms with Crippen molar-refractivity contribution in [2.45, 2.75) is 26.3 Å². The maximum Gasteiger partial charge on any atom is 0.272 e. The Morgan fingerprint density at radius 3 is 2.58 bits per heavy atom. The SMILES string of the molecule is CCn1nccc1C(=O)N1C[C@H]2CCN(c3ncccc3F)CC[C@H]2C1. The van der Waals surface area contributed by atoms with Crippen LogP contribution in [0.25, 0.3) is 0 Å². The van der Waals surface area contributed by atoms with Crippen molar-refractivity contribution >= 4 is 11.7 Å². The predicted octanol–water partition coefficient (Wildman–Crippen LogP) is 2.43. The molecule has 7 heteroatoms. The largest absolute Gasteiger partial charge is 0.354 e. The van der Waals surface area contributed by atoms with E-state index in [4.69, 9.17) is 0 Å². The van der Waals surface area contributed by atoms with Crippen molar-refractivity contribution in [2.24, 2.45) is 11.8 Å². The van der Waals surface area contributed by atoms with Gasteiger partial charge in [-0.15, -0.1) is 0 Å². The highest BCUT2D eigenvalue weighted by Gasteiger charge is 2.38. The zero-order valence-corrected chi connectivity index (χ0v) is 15.0. The molecule has 0 saturated carbocycles. The van der Waals surface area contributed by atoms with E-state index < -0.39 is 0 Å². The Morgan fingerprint density at radius 1 is 1.19 bits per heavy atom. The van der Waals surface area contributed by atoms with Crippen molar-refractivity contribution in [1.29, 1.82) is 0 Å². The second-order valence-corrected chi connectivity index (χ2v) is 7.14. The summed E-state index contributed by atoms with van der Waals surface area (Å²) >= 11 is 0. The van der Waals surface area contributed by atoms with Gasteiger partial charge in [0.15, 0.2) is 11.6 Å². The Bertz CT molecular complexity index is 776. The monoisotopic (exact) mass is 357 g/mol. The van der Waals surface area contributed by atoms with Crippen LogP contribution in [0.2, 0.25) is 0 Å². The van der Waals surface area contributed by atoms with Gasteiger partial charge in [-0.3, -0.25) is 9.48 Å². The number of pyridine rings is 1. The fourth-order valence-electron chi connectivity index (χ4n) is 4.26. The van der Waals surface area contributed by atoms with Gasteiger partial charge in [0, 0.05) is 45.1 Å². The first-order chi connectivity index (χ1) is 12.7. The van der Waals surface area contributed by atoms with Gasteiger partial charge in [0.25, 0.3) is 5.91 Å². The van der Waals surface area contributed by atoms with E-state index in [-0.39, 0.29) is 11.7 Å². The molecule has 0 aromatic carbocycles. The number of fused-ring (bicyclic) bond motifs is 1. The molecule has 4 rings (SSSR count). The topological polar surface area (TPSA) is 54.3 Å². The van der Waals surface area contributed by atoms with Crippen LogP contribution < -0.4 is 4.90 Å². The molecule has 4 heterocycles. The molecule has 138 valence electrons. The average molecular weight is 357 g/mol. The summed E-state index contributed by atoms with van der Waals surface area (Å²) in [5, 5.41) is 4.20. The lowest BCUT2D eigenvalue weighted by Crippen LogP contribution is -2.32. The summed E-state index contributed by atoms with van der Waals surface area (Å²) < 4.78 is 15.8. The standard InChI is InChI=1S/C19H24FN5O/c1-2-25-17(5-9-22-25)19(26)24-12-14-6-10-23(11-7-15(14)13-24)18-16(20)4-3-8-21-18/h3-5,8-9,14-15H,2,6-7,10-13H2,1H3/t14-,15+. The number of likely N-dealkylation sites (tertiary alicyclic amines) is 1. The van der Waals surface area contributed by atoms with Gasteiger partial charge >= 0.3 is 0 Å². The molecule has 2 saturated heterocycles. The summed E-state index contributed by atoms with van der Waals surface area (Å²) in [6.45, 7) is 5.80. The molecule has 2 aromatic rings. The average Bonchev–Trinajstić information content (AvgIpc) is 3.25. The molecule has 2 atom stereocenters. The van der Waals surface area contributed by atoms with Gasteiger partial charge < -0.3 is 9.80 Å². The Hall–Kier alpha value is -2.44. The highest BCUT2D eigenvalue weighted by Crippen LogP contribution is 2.33. The predicted molar refractivity (Wildman–Crippen MR) is 96.4 cm³/mol. The molecule has 2 fully saturated rings. The molecule has 26 heavy (non-hydrogen) atoms. The molecular formula is C19H24FN5O. The van der Waals surface area contributed by atoms with Crippen molar-refractivity contribution in [3.8, 4) is 0 Å². The molecule has 0 unspecified atom stereocenters. The third-order valence-corrected chi connectivity index (χ3v) is 5.68. The molecule has 2 aliphatic heterocycles. The minimum absolute atomic E-state index is 0.0741. The fourth-order valence-corrected chi connectivity index (χ4v) is 4.26. The Morgan fingerprint density at radius 2 is 1.92 bits per heavy atom. The third kappa shape index (κ3) is 3.06. The smallest absolute Gasteiger partial charge is 0.272 e. The Labute approximate surface area is 152 Å². The molecule has 0 radical (unpaired) electrons. The number of amides is 1. The molecular weight excluding hydrogens is 333 g/mol. The highest BCUT2D eigenvalue weighted by molar-refractivity contribution is 5.92. The fraction of sp³-hybridized carbons (Fsp3) is 0.526. The van der Waals surface area contributed by atoms with Crippen LogP contribution >= 0.6 is 0 Å². The van der Waals surface area contributed by atoms with Gasteiger partial charge in [-0.1, -0.05) is 0 Å². The Kier molecular flexibility index (Phi) is 4.61. The van der Waals surface area contributed by atoms with Crippen LogP contribution in [0.4, 0.5) is 10.2 Å². The van der Waals surface area contributed by atoms with Gasteiger partial charge in [-0.2, -0.15) is 5.10 Å². The first-order valence-corrected chi connectivity index (χ1v) is 9.34. The summed E-state index contributed by atoms with van der Waals surface area (Å²) in [7, 11) is 0. The van der Waals surface area contributed by atoms with E-state index in [1.165, 1.54) is 6.07 Å². The maximum absolute atomic E-state index is 14.0. The molecule has 1 amide bonds. The van der Waals surface area contributed by atoms with Crippen LogP contribution in [0.15, 0.2) is 30.6 Å². The van der Waals surface area contributed by atoms with Crippen LogP contribution in [0.1, 0.15) is 30.3 Å². The number of aromatic nitrogens is 3. The highest BCUT2D eigenvalue weighted by atomic mass is 19.1. The molecule has 2 aromatic heterocycles. The number of nitrogens with zero attached hydrogens (tertiary/aromatic N) is 5. The van der Waals surface area contributed by atoms with E-state index in [9.17, 15) is 9.18 Å². The quantitative estimate of drug-likeness (QED) is 0.847. The summed E-state index contributed by atoms with van der Waals surface area (Å²) in [5.74, 6) is 1.20. The number of aryl methyl sites for hydroxylation is 1. The first-order valence-electron chi connectivity index (χ1n) is 9.34. The van der Waals surface area contributed by atoms with E-state index in [1.807, 2.05) is 16.7 Å². The van der Waals surface area contributed by atoms with Crippen LogP contribution in [0, 0.1) is 17.7 Å². The molecule has 0 bridgehead atoms. The van der Waals surface area contributed by atoms with Gasteiger partial charge in [0.2, 0.25) is 0 Å². The van der Waals surface area contributed by atoms with E-state index >= 15 is 0 Å². The van der Waals surface area contributed by atoms with Crippen molar-refractivity contribution in [3.63, 3.8) is 0 Å². The lowest BCUT2D eigenvalue weighted by Gasteiger charge is -2.23. The van der Waals surface area contributed by atoms with Crippen molar-refractivity contribution < 1.29 is 9.18 Å². The third-order valence-electron chi connectivity index (χ3n) is 5.68. The van der Waals surface area contributed by atoms with E-state index in [2.05, 4.69) is 10.1 Å². The molecule has 0 N–H and O–H groups in total. The van der Waals surface area contributed by atoms with Crippen LogP contribution in [-0.4, -0.2) is 51.8 Å². The summed E-state index contributed by atoms with van der Waals surface area (Å²) in [6.07, 6.45) is 5.24. The van der Waals surface area contributed by atoms with Crippen LogP contribution in [-0.2, 0) is 6.54 Å². The van der Waals surface area contributed by atoms with Gasteiger partial charge in [0.1, 0.15) is 5.69 Å². The van der Waals surface area contributed by atoms with Gasteiger partial charge in [0.05, 0.1) is 0 Å². The molecule has 2 aliphatic rings. The number of hydrogen-bond donors (Lipinski definition) is 0. The van der Waals surface area contributed by atoms with Gasteiger partial charge in [-0.25, -0.2) is 9.37 Å². The van der Waals surface area contributed by atoms with Crippen LogP contribution in [0.3, 0.4) is 0 Å². The first kappa shape index (κ1) is 17.0. The number of carbonyl (C=O) groups excluding carboxylic acids is 1. The number of anilines is 1. The normalized spacial score (nSPS) is 23.0. The Balaban J connectivity index is 1.43. The zero-order chi connectivity index (χ0) is 18.1. The summed E-state index contributed by atoms with van der Waals surface area (Å²) in [5.41, 5.74) is 0.668. The minimum Gasteiger partial charge on any atom is -0.354 e. The number of halogens is 1. The molecule has 0 spiro atoms. The number of rotatable bonds is 3. The number of hydrogen-bond acceptors (Lipinski definition) is 4. The van der Waals surface area contributed by atoms with E-state index in [0.717, 1.165) is 39.0 Å². The molecule has 6 nitrogen and oxygen atoms in total. The second-order valence-electron chi connectivity index (χ2n) is 7.14. The minimum atomic E-state index is -0.260. The lowest BCUT2D eigenvalue weighted by atomic mass is 9.92. The van der Waals surface area contributed by atoms with E-state index in [1.54, 1.807) is 29.2 Å². The van der Waals surface area contributed by atoms with Crippen molar-refractivity contribution in [2.75, 3.05) is 31.1 Å².